The van der Waals surface area contributed by atoms with Gasteiger partial charge in [-0.25, -0.2) is 18.2 Å². The molecular formula is C12H9F3IN3. The molecule has 7 heteroatoms. The third-order valence-electron chi connectivity index (χ3n) is 2.35. The summed E-state index contributed by atoms with van der Waals surface area (Å²) in [5.41, 5.74) is 0.488. The number of pyridine rings is 1. The lowest BCUT2D eigenvalue weighted by molar-refractivity contribution is 0.580. The Balaban J connectivity index is 2.37. The summed E-state index contributed by atoms with van der Waals surface area (Å²) in [7, 11) is 1.48. The third kappa shape index (κ3) is 3.09. The lowest BCUT2D eigenvalue weighted by Crippen LogP contribution is -2.04. The molecule has 2 rings (SSSR count). The molecule has 100 valence electrons. The number of hydrogen-bond donors (Lipinski definition) is 2. The average molecular weight is 379 g/mol. The quantitative estimate of drug-likeness (QED) is 0.795. The minimum atomic E-state index is -0.823. The Hall–Kier alpha value is -1.51. The summed E-state index contributed by atoms with van der Waals surface area (Å²) in [6, 6.07) is 4.73. The molecule has 3 nitrogen and oxygen atoms in total. The van der Waals surface area contributed by atoms with Gasteiger partial charge in [-0.1, -0.05) is 0 Å². The molecule has 0 atom stereocenters. The van der Waals surface area contributed by atoms with Gasteiger partial charge in [0.25, 0.3) is 0 Å². The Kier molecular flexibility index (Phi) is 4.13. The number of aromatic nitrogens is 1. The van der Waals surface area contributed by atoms with Crippen LogP contribution in [0.2, 0.25) is 0 Å². The van der Waals surface area contributed by atoms with E-state index in [1.165, 1.54) is 25.2 Å². The van der Waals surface area contributed by atoms with Crippen molar-refractivity contribution in [2.24, 2.45) is 0 Å². The molecule has 0 aliphatic rings. The Morgan fingerprint density at radius 1 is 1.05 bits per heavy atom. The SMILES string of the molecule is CNc1nc(Nc2ccc(F)cc2I)c(F)cc1F. The second-order valence-electron chi connectivity index (χ2n) is 3.65. The largest absolute Gasteiger partial charge is 0.371 e. The van der Waals surface area contributed by atoms with Crippen molar-refractivity contribution in [3.63, 3.8) is 0 Å². The minimum absolute atomic E-state index is 0.0685. The van der Waals surface area contributed by atoms with Crippen molar-refractivity contribution in [3.05, 3.63) is 45.3 Å². The topological polar surface area (TPSA) is 37.0 Å². The van der Waals surface area contributed by atoms with Crippen LogP contribution in [-0.4, -0.2) is 12.0 Å². The van der Waals surface area contributed by atoms with Gasteiger partial charge in [-0.05, 0) is 40.8 Å². The van der Waals surface area contributed by atoms with Gasteiger partial charge in [0.2, 0.25) is 0 Å². The van der Waals surface area contributed by atoms with Crippen LogP contribution >= 0.6 is 22.6 Å². The molecule has 2 aromatic rings. The molecule has 0 amide bonds. The second kappa shape index (κ2) is 5.64. The molecule has 0 saturated carbocycles. The predicted octanol–water partition coefficient (Wildman–Crippen LogP) is 3.89. The fraction of sp³-hybridized carbons (Fsp3) is 0.0833. The van der Waals surface area contributed by atoms with Gasteiger partial charge in [0, 0.05) is 16.7 Å². The lowest BCUT2D eigenvalue weighted by atomic mass is 10.3. The maximum atomic E-state index is 13.6. The Bertz CT molecular complexity index is 619. The summed E-state index contributed by atoms with van der Waals surface area (Å²) in [5.74, 6) is -2.19. The van der Waals surface area contributed by atoms with Crippen molar-refractivity contribution < 1.29 is 13.2 Å². The maximum absolute atomic E-state index is 13.6. The van der Waals surface area contributed by atoms with E-state index in [4.69, 9.17) is 0 Å². The summed E-state index contributed by atoms with van der Waals surface area (Å²) < 4.78 is 40.4. The van der Waals surface area contributed by atoms with Crippen molar-refractivity contribution in [2.45, 2.75) is 0 Å². The molecule has 0 radical (unpaired) electrons. The van der Waals surface area contributed by atoms with Crippen LogP contribution in [0.15, 0.2) is 24.3 Å². The van der Waals surface area contributed by atoms with E-state index in [1.54, 1.807) is 0 Å². The van der Waals surface area contributed by atoms with Gasteiger partial charge in [0.1, 0.15) is 5.82 Å². The number of anilines is 3. The van der Waals surface area contributed by atoms with E-state index in [0.717, 1.165) is 6.07 Å². The number of hydrogen-bond acceptors (Lipinski definition) is 3. The zero-order valence-corrected chi connectivity index (χ0v) is 11.9. The third-order valence-corrected chi connectivity index (χ3v) is 3.24. The highest BCUT2D eigenvalue weighted by Gasteiger charge is 2.12. The second-order valence-corrected chi connectivity index (χ2v) is 4.81. The van der Waals surface area contributed by atoms with Gasteiger partial charge >= 0.3 is 0 Å². The van der Waals surface area contributed by atoms with Gasteiger partial charge < -0.3 is 10.6 Å². The molecule has 0 spiro atoms. The first kappa shape index (κ1) is 13.9. The summed E-state index contributed by atoms with van der Waals surface area (Å²) >= 11 is 1.91. The normalized spacial score (nSPS) is 10.4. The van der Waals surface area contributed by atoms with E-state index in [1.807, 2.05) is 22.6 Å². The van der Waals surface area contributed by atoms with Crippen molar-refractivity contribution in [1.29, 1.82) is 0 Å². The van der Waals surface area contributed by atoms with Crippen molar-refractivity contribution >= 4 is 39.9 Å². The zero-order valence-electron chi connectivity index (χ0n) is 9.77. The molecule has 0 aliphatic carbocycles. The minimum Gasteiger partial charge on any atom is -0.371 e. The molecule has 1 aromatic heterocycles. The van der Waals surface area contributed by atoms with E-state index in [-0.39, 0.29) is 11.6 Å². The van der Waals surface area contributed by atoms with E-state index in [2.05, 4.69) is 15.6 Å². The molecule has 1 heterocycles. The first-order valence-electron chi connectivity index (χ1n) is 5.27. The molecular weight excluding hydrogens is 370 g/mol. The highest BCUT2D eigenvalue weighted by atomic mass is 127. The van der Waals surface area contributed by atoms with E-state index in [9.17, 15) is 13.2 Å². The monoisotopic (exact) mass is 379 g/mol. The van der Waals surface area contributed by atoms with E-state index < -0.39 is 17.5 Å². The van der Waals surface area contributed by atoms with E-state index in [0.29, 0.717) is 9.26 Å². The van der Waals surface area contributed by atoms with Crippen LogP contribution in [0.25, 0.3) is 0 Å². The van der Waals surface area contributed by atoms with Crippen molar-refractivity contribution in [3.8, 4) is 0 Å². The number of benzene rings is 1. The Morgan fingerprint density at radius 3 is 2.37 bits per heavy atom. The number of rotatable bonds is 3. The van der Waals surface area contributed by atoms with Crippen LogP contribution in [-0.2, 0) is 0 Å². The van der Waals surface area contributed by atoms with Crippen molar-refractivity contribution in [1.82, 2.24) is 4.98 Å². The highest BCUT2D eigenvalue weighted by Crippen LogP contribution is 2.26. The average Bonchev–Trinajstić information content (AvgIpc) is 2.35. The summed E-state index contributed by atoms with van der Waals surface area (Å²) in [6.07, 6.45) is 0. The maximum Gasteiger partial charge on any atom is 0.169 e. The van der Waals surface area contributed by atoms with Gasteiger partial charge in [-0.3, -0.25) is 0 Å². The zero-order chi connectivity index (χ0) is 14.0. The molecule has 1 aromatic carbocycles. The van der Waals surface area contributed by atoms with E-state index >= 15 is 0 Å². The number of halogens is 4. The molecule has 2 N–H and O–H groups in total. The molecule has 19 heavy (non-hydrogen) atoms. The van der Waals surface area contributed by atoms with Crippen LogP contribution < -0.4 is 10.6 Å². The van der Waals surface area contributed by atoms with Crippen LogP contribution in [0.3, 0.4) is 0 Å². The van der Waals surface area contributed by atoms with Gasteiger partial charge in [-0.2, -0.15) is 0 Å². The smallest absolute Gasteiger partial charge is 0.169 e. The first-order chi connectivity index (χ1) is 9.01. The molecule has 0 bridgehead atoms. The molecule has 0 unspecified atom stereocenters. The Morgan fingerprint density at radius 2 is 1.74 bits per heavy atom. The van der Waals surface area contributed by atoms with Crippen LogP contribution in [0.5, 0.6) is 0 Å². The lowest BCUT2D eigenvalue weighted by Gasteiger charge is -2.10. The molecule has 0 fully saturated rings. The highest BCUT2D eigenvalue weighted by molar-refractivity contribution is 14.1. The standard InChI is InChI=1S/C12H9F3IN3/c1-17-11-7(14)5-8(15)12(19-11)18-10-3-2-6(13)4-9(10)16/h2-5H,1H3,(H2,17,18,19). The summed E-state index contributed by atoms with van der Waals surface area (Å²) in [4.78, 5) is 3.78. The first-order valence-corrected chi connectivity index (χ1v) is 6.35. The summed E-state index contributed by atoms with van der Waals surface area (Å²) in [6.45, 7) is 0. The summed E-state index contributed by atoms with van der Waals surface area (Å²) in [5, 5.41) is 5.22. The Labute approximate surface area is 121 Å². The van der Waals surface area contributed by atoms with Crippen LogP contribution in [0.1, 0.15) is 0 Å². The van der Waals surface area contributed by atoms with Gasteiger partial charge in [-0.15, -0.1) is 0 Å². The number of nitrogens with zero attached hydrogens (tertiary/aromatic N) is 1. The fourth-order valence-electron chi connectivity index (χ4n) is 1.45. The fourth-order valence-corrected chi connectivity index (χ4v) is 2.06. The van der Waals surface area contributed by atoms with Crippen LogP contribution in [0.4, 0.5) is 30.5 Å². The van der Waals surface area contributed by atoms with Crippen molar-refractivity contribution in [2.75, 3.05) is 17.7 Å². The van der Waals surface area contributed by atoms with Gasteiger partial charge in [0.05, 0.1) is 5.69 Å². The molecule has 0 saturated heterocycles. The van der Waals surface area contributed by atoms with Crippen LogP contribution in [0, 0.1) is 21.0 Å². The molecule has 0 aliphatic heterocycles. The van der Waals surface area contributed by atoms with Gasteiger partial charge in [0.15, 0.2) is 23.3 Å². The number of nitrogens with one attached hydrogen (secondary N) is 2. The predicted molar refractivity (Wildman–Crippen MR) is 76.1 cm³/mol.